The van der Waals surface area contributed by atoms with E-state index in [1.807, 2.05) is 21.9 Å². The van der Waals surface area contributed by atoms with Crippen LogP contribution < -0.4 is 0 Å². The van der Waals surface area contributed by atoms with Gasteiger partial charge in [-0.3, -0.25) is 14.6 Å². The molecule has 3 saturated heterocycles. The first kappa shape index (κ1) is 24.0. The maximum absolute atomic E-state index is 12.7. The van der Waals surface area contributed by atoms with Crippen LogP contribution in [0.1, 0.15) is 29.8 Å². The van der Waals surface area contributed by atoms with Gasteiger partial charge >= 0.3 is 12.1 Å². The number of carbonyl (C=O) groups is 3. The van der Waals surface area contributed by atoms with Gasteiger partial charge in [0.15, 0.2) is 0 Å². The molecule has 4 rings (SSSR count). The second-order valence-corrected chi connectivity index (χ2v) is 8.24. The zero-order valence-electron chi connectivity index (χ0n) is 17.5. The number of pyridine rings is 1. The molecule has 0 spiro atoms. The first-order valence-corrected chi connectivity index (χ1v) is 10.5. The number of hydrogen-bond donors (Lipinski definition) is 1. The van der Waals surface area contributed by atoms with Crippen molar-refractivity contribution in [2.24, 2.45) is 17.8 Å². The number of likely N-dealkylation sites (tertiary alicyclic amines) is 2. The van der Waals surface area contributed by atoms with Crippen LogP contribution in [0.25, 0.3) is 0 Å². The number of carboxylic acid groups (broad SMARTS) is 1. The number of aliphatic carboxylic acids is 1. The van der Waals surface area contributed by atoms with E-state index in [2.05, 4.69) is 4.98 Å². The number of carboxylic acids is 1. The van der Waals surface area contributed by atoms with E-state index in [1.165, 1.54) is 0 Å². The molecule has 3 fully saturated rings. The van der Waals surface area contributed by atoms with Crippen LogP contribution >= 0.6 is 0 Å². The predicted octanol–water partition coefficient (Wildman–Crippen LogP) is 2.06. The van der Waals surface area contributed by atoms with Gasteiger partial charge in [0.05, 0.1) is 13.2 Å². The van der Waals surface area contributed by atoms with E-state index in [9.17, 15) is 22.8 Å². The lowest BCUT2D eigenvalue weighted by Gasteiger charge is -2.33. The summed E-state index contributed by atoms with van der Waals surface area (Å²) in [6.07, 6.45) is -0.652. The number of aromatic nitrogens is 1. The molecule has 11 heteroatoms. The molecule has 0 unspecified atom stereocenters. The highest BCUT2D eigenvalue weighted by Gasteiger charge is 2.43. The summed E-state index contributed by atoms with van der Waals surface area (Å²) >= 11 is 0. The molecule has 3 atom stereocenters. The van der Waals surface area contributed by atoms with Gasteiger partial charge in [-0.05, 0) is 36.8 Å². The highest BCUT2D eigenvalue weighted by molar-refractivity contribution is 5.92. The van der Waals surface area contributed by atoms with Crippen molar-refractivity contribution in [3.8, 4) is 0 Å². The van der Waals surface area contributed by atoms with Gasteiger partial charge in [-0.25, -0.2) is 4.79 Å². The zero-order chi connectivity index (χ0) is 23.3. The van der Waals surface area contributed by atoms with Crippen molar-refractivity contribution in [3.63, 3.8) is 0 Å². The molecule has 4 heterocycles. The van der Waals surface area contributed by atoms with Crippen LogP contribution in [0.4, 0.5) is 13.2 Å². The van der Waals surface area contributed by atoms with E-state index < -0.39 is 12.1 Å². The van der Waals surface area contributed by atoms with E-state index in [-0.39, 0.29) is 17.7 Å². The number of alkyl halides is 3. The minimum atomic E-state index is -5.08. The Hall–Kier alpha value is -2.69. The molecular formula is C21H26F3N3O5. The second-order valence-electron chi connectivity index (χ2n) is 8.24. The van der Waals surface area contributed by atoms with Crippen molar-refractivity contribution < 1.29 is 37.4 Å². The summed E-state index contributed by atoms with van der Waals surface area (Å²) in [5.74, 6) is -1.62. The van der Waals surface area contributed by atoms with Gasteiger partial charge in [0.2, 0.25) is 5.91 Å². The van der Waals surface area contributed by atoms with Gasteiger partial charge in [-0.2, -0.15) is 13.2 Å². The number of ether oxygens (including phenoxy) is 1. The van der Waals surface area contributed by atoms with Crippen LogP contribution in [0.3, 0.4) is 0 Å². The maximum atomic E-state index is 12.7. The van der Waals surface area contributed by atoms with Gasteiger partial charge in [-0.15, -0.1) is 0 Å². The highest BCUT2D eigenvalue weighted by atomic mass is 19.4. The Labute approximate surface area is 183 Å². The Morgan fingerprint density at radius 3 is 2.38 bits per heavy atom. The lowest BCUT2D eigenvalue weighted by molar-refractivity contribution is -0.192. The first-order chi connectivity index (χ1) is 15.2. The summed E-state index contributed by atoms with van der Waals surface area (Å²) in [6.45, 7) is 4.52. The zero-order valence-corrected chi connectivity index (χ0v) is 17.5. The second kappa shape index (κ2) is 10.3. The quantitative estimate of drug-likeness (QED) is 0.746. The summed E-state index contributed by atoms with van der Waals surface area (Å²) in [7, 11) is 0. The summed E-state index contributed by atoms with van der Waals surface area (Å²) in [5, 5.41) is 7.12. The van der Waals surface area contributed by atoms with E-state index in [4.69, 9.17) is 14.6 Å². The van der Waals surface area contributed by atoms with Crippen LogP contribution in [0, 0.1) is 17.8 Å². The van der Waals surface area contributed by atoms with Crippen molar-refractivity contribution in [2.45, 2.75) is 25.4 Å². The van der Waals surface area contributed by atoms with E-state index >= 15 is 0 Å². The molecule has 2 amide bonds. The average molecular weight is 457 g/mol. The molecule has 1 aromatic rings. The van der Waals surface area contributed by atoms with Crippen LogP contribution in [-0.2, 0) is 14.3 Å². The fourth-order valence-corrected chi connectivity index (χ4v) is 4.45. The third kappa shape index (κ3) is 5.96. The standard InChI is InChI=1S/C19H25N3O3.C2HF3O2/c23-18(21-7-3-4-8-21)9-14-12-25-13-15-10-22(11-16(14)15)19(24)17-5-1-2-6-20-17;3-2(4,5)1(6)7/h1-2,5-6,14-16H,3-4,7-13H2;(H,6,7)/t14-,15-,16+;/m1./s1. The predicted molar refractivity (Wildman–Crippen MR) is 106 cm³/mol. The fourth-order valence-electron chi connectivity index (χ4n) is 4.45. The van der Waals surface area contributed by atoms with Crippen LogP contribution in [0.5, 0.6) is 0 Å². The van der Waals surface area contributed by atoms with Crippen LogP contribution in [0.15, 0.2) is 24.4 Å². The fraction of sp³-hybridized carbons (Fsp3) is 0.619. The maximum Gasteiger partial charge on any atom is 0.490 e. The van der Waals surface area contributed by atoms with Gasteiger partial charge in [0.1, 0.15) is 5.69 Å². The molecule has 0 radical (unpaired) electrons. The summed E-state index contributed by atoms with van der Waals surface area (Å²) in [6, 6.07) is 5.41. The van der Waals surface area contributed by atoms with E-state index in [0.29, 0.717) is 50.3 Å². The van der Waals surface area contributed by atoms with Crippen molar-refractivity contribution >= 4 is 17.8 Å². The third-order valence-electron chi connectivity index (χ3n) is 6.07. The van der Waals surface area contributed by atoms with E-state index in [1.54, 1.807) is 12.3 Å². The molecule has 3 aliphatic rings. The molecule has 0 bridgehead atoms. The van der Waals surface area contributed by atoms with Crippen molar-refractivity contribution in [3.05, 3.63) is 30.1 Å². The summed E-state index contributed by atoms with van der Waals surface area (Å²) in [4.78, 5) is 42.1. The number of hydrogen-bond acceptors (Lipinski definition) is 5. The molecule has 32 heavy (non-hydrogen) atoms. The Balaban J connectivity index is 0.000000360. The third-order valence-corrected chi connectivity index (χ3v) is 6.07. The van der Waals surface area contributed by atoms with E-state index in [0.717, 1.165) is 25.9 Å². The molecule has 0 saturated carbocycles. The molecule has 1 N–H and O–H groups in total. The summed E-state index contributed by atoms with van der Waals surface area (Å²) < 4.78 is 37.5. The normalized spacial score (nSPS) is 25.0. The van der Waals surface area contributed by atoms with Gasteiger partial charge < -0.3 is 19.6 Å². The monoisotopic (exact) mass is 457 g/mol. The minimum Gasteiger partial charge on any atom is -0.475 e. The molecule has 3 aliphatic heterocycles. The molecule has 176 valence electrons. The Bertz CT molecular complexity index is 815. The average Bonchev–Trinajstić information content (AvgIpc) is 3.44. The number of nitrogens with zero attached hydrogens (tertiary/aromatic N) is 3. The molecule has 8 nitrogen and oxygen atoms in total. The van der Waals surface area contributed by atoms with Crippen LogP contribution in [0.2, 0.25) is 0 Å². The topological polar surface area (TPSA) is 100 Å². The number of halogens is 3. The Morgan fingerprint density at radius 1 is 1.09 bits per heavy atom. The van der Waals surface area contributed by atoms with Crippen molar-refractivity contribution in [2.75, 3.05) is 39.4 Å². The Kier molecular flexibility index (Phi) is 7.70. The SMILES string of the molecule is O=C(C[C@@H]1COC[C@H]2CN(C(=O)c3ccccn3)C[C@@H]12)N1CCCC1.O=C(O)C(F)(F)F. The van der Waals surface area contributed by atoms with Crippen LogP contribution in [-0.4, -0.2) is 83.2 Å². The van der Waals surface area contributed by atoms with Gasteiger partial charge in [-0.1, -0.05) is 6.07 Å². The van der Waals surface area contributed by atoms with Gasteiger partial charge in [0, 0.05) is 44.7 Å². The number of fused-ring (bicyclic) bond motifs is 1. The lowest BCUT2D eigenvalue weighted by Crippen LogP contribution is -2.39. The lowest BCUT2D eigenvalue weighted by atomic mass is 9.81. The number of amides is 2. The largest absolute Gasteiger partial charge is 0.490 e. The molecule has 0 aliphatic carbocycles. The first-order valence-electron chi connectivity index (χ1n) is 10.5. The summed E-state index contributed by atoms with van der Waals surface area (Å²) in [5.41, 5.74) is 0.492. The van der Waals surface area contributed by atoms with Crippen molar-refractivity contribution in [1.82, 2.24) is 14.8 Å². The number of rotatable bonds is 3. The molecular weight excluding hydrogens is 431 g/mol. The van der Waals surface area contributed by atoms with Gasteiger partial charge in [0.25, 0.3) is 5.91 Å². The van der Waals surface area contributed by atoms with Crippen molar-refractivity contribution in [1.29, 1.82) is 0 Å². The molecule has 0 aromatic carbocycles. The Morgan fingerprint density at radius 2 is 1.78 bits per heavy atom. The smallest absolute Gasteiger partial charge is 0.475 e. The number of carbonyl (C=O) groups excluding carboxylic acids is 2. The molecule has 1 aromatic heterocycles. The highest BCUT2D eigenvalue weighted by Crippen LogP contribution is 2.36. The minimum absolute atomic E-state index is 0.0142.